The molecule has 1 aromatic rings. The van der Waals surface area contributed by atoms with Gasteiger partial charge < -0.3 is 5.11 Å². The first-order valence-electron chi connectivity index (χ1n) is 4.88. The molecule has 1 saturated carbocycles. The van der Waals surface area contributed by atoms with Crippen molar-refractivity contribution in [2.75, 3.05) is 0 Å². The quantitative estimate of drug-likeness (QED) is 0.789. The number of nitrogens with zero attached hydrogens (tertiary/aromatic N) is 2. The Morgan fingerprint density at radius 3 is 2.80 bits per heavy atom. The molecule has 2 rings (SSSR count). The van der Waals surface area contributed by atoms with E-state index < -0.39 is 12.0 Å². The maximum Gasteiger partial charge on any atom is 0.328 e. The van der Waals surface area contributed by atoms with Gasteiger partial charge in [0.15, 0.2) is 6.04 Å². The van der Waals surface area contributed by atoms with E-state index in [-0.39, 0.29) is 11.5 Å². The van der Waals surface area contributed by atoms with Crippen LogP contribution < -0.4 is 5.56 Å². The predicted molar refractivity (Wildman–Crippen MR) is 52.6 cm³/mol. The van der Waals surface area contributed by atoms with Gasteiger partial charge in [-0.15, -0.1) is 0 Å². The number of aliphatic carboxylic acids is 1. The molecular weight excluding hydrogens is 196 g/mol. The van der Waals surface area contributed by atoms with E-state index in [1.807, 2.05) is 0 Å². The summed E-state index contributed by atoms with van der Waals surface area (Å²) in [6.07, 6.45) is 3.23. The molecule has 1 aliphatic rings. The molecule has 1 heterocycles. The van der Waals surface area contributed by atoms with Crippen molar-refractivity contribution in [3.05, 3.63) is 28.2 Å². The van der Waals surface area contributed by atoms with Crippen molar-refractivity contribution in [1.82, 2.24) is 9.78 Å². The summed E-state index contributed by atoms with van der Waals surface area (Å²) in [5.41, 5.74) is 0.408. The molecule has 5 nitrogen and oxygen atoms in total. The fraction of sp³-hybridized carbons (Fsp3) is 0.500. The first kappa shape index (κ1) is 9.89. The zero-order valence-corrected chi connectivity index (χ0v) is 8.38. The topological polar surface area (TPSA) is 72.2 Å². The van der Waals surface area contributed by atoms with E-state index in [1.54, 1.807) is 6.92 Å². The van der Waals surface area contributed by atoms with Gasteiger partial charge in [-0.1, -0.05) is 0 Å². The lowest BCUT2D eigenvalue weighted by molar-refractivity contribution is -0.142. The molecule has 0 aliphatic heterocycles. The third-order valence-corrected chi connectivity index (χ3v) is 2.55. The second-order valence-electron chi connectivity index (χ2n) is 3.94. The molecule has 15 heavy (non-hydrogen) atoms. The van der Waals surface area contributed by atoms with E-state index in [0.717, 1.165) is 23.1 Å². The molecular formula is C10H12N2O3. The molecule has 1 aromatic heterocycles. The van der Waals surface area contributed by atoms with Gasteiger partial charge in [0.2, 0.25) is 0 Å². The van der Waals surface area contributed by atoms with Crippen LogP contribution in [0.15, 0.2) is 17.1 Å². The molecule has 0 amide bonds. The fourth-order valence-electron chi connectivity index (χ4n) is 1.64. The molecule has 0 bridgehead atoms. The Bertz CT molecular complexity index is 448. The average molecular weight is 208 g/mol. The van der Waals surface area contributed by atoms with E-state index in [4.69, 9.17) is 5.11 Å². The molecule has 80 valence electrons. The summed E-state index contributed by atoms with van der Waals surface area (Å²) in [5, 5.41) is 12.9. The molecule has 1 atom stereocenters. The largest absolute Gasteiger partial charge is 0.480 e. The van der Waals surface area contributed by atoms with Gasteiger partial charge in [-0.05, 0) is 31.2 Å². The van der Waals surface area contributed by atoms with Crippen LogP contribution in [-0.2, 0) is 4.79 Å². The minimum Gasteiger partial charge on any atom is -0.480 e. The lowest BCUT2D eigenvalue weighted by Crippen LogP contribution is -2.32. The Balaban J connectivity index is 2.41. The fourth-order valence-corrected chi connectivity index (χ4v) is 1.64. The van der Waals surface area contributed by atoms with E-state index in [9.17, 15) is 9.59 Å². The maximum absolute atomic E-state index is 11.6. The van der Waals surface area contributed by atoms with Gasteiger partial charge in [0.25, 0.3) is 5.56 Å². The molecule has 0 aromatic carbocycles. The van der Waals surface area contributed by atoms with Crippen molar-refractivity contribution in [3.63, 3.8) is 0 Å². The summed E-state index contributed by atoms with van der Waals surface area (Å²) in [5.74, 6) is -0.911. The molecule has 1 N–H and O–H groups in total. The Morgan fingerprint density at radius 2 is 2.33 bits per heavy atom. The highest BCUT2D eigenvalue weighted by molar-refractivity contribution is 5.72. The standard InChI is InChI=1S/C10H12N2O3/c1-6-4-8(13)12(11-5-6)9(10(14)15)7-2-3-7/h4-5,7,9H,2-3H2,1H3,(H,14,15). The van der Waals surface area contributed by atoms with Crippen LogP contribution >= 0.6 is 0 Å². The summed E-state index contributed by atoms with van der Waals surface area (Å²) in [6.45, 7) is 1.76. The van der Waals surface area contributed by atoms with Gasteiger partial charge in [0.05, 0.1) is 6.20 Å². The highest BCUT2D eigenvalue weighted by Gasteiger charge is 2.38. The van der Waals surface area contributed by atoms with Crippen molar-refractivity contribution in [3.8, 4) is 0 Å². The number of aryl methyl sites for hydroxylation is 1. The molecule has 0 saturated heterocycles. The number of carboxylic acids is 1. The lowest BCUT2D eigenvalue weighted by atomic mass is 10.2. The number of carbonyl (C=O) groups is 1. The van der Waals surface area contributed by atoms with E-state index >= 15 is 0 Å². The van der Waals surface area contributed by atoms with Crippen LogP contribution in [0.2, 0.25) is 0 Å². The van der Waals surface area contributed by atoms with Gasteiger partial charge in [-0.2, -0.15) is 5.10 Å². The van der Waals surface area contributed by atoms with Gasteiger partial charge >= 0.3 is 5.97 Å². The zero-order valence-electron chi connectivity index (χ0n) is 8.38. The summed E-state index contributed by atoms with van der Waals surface area (Å²) in [6, 6.07) is 0.615. The smallest absolute Gasteiger partial charge is 0.328 e. The highest BCUT2D eigenvalue weighted by atomic mass is 16.4. The molecule has 0 spiro atoms. The molecule has 5 heteroatoms. The Labute approximate surface area is 86.4 Å². The zero-order chi connectivity index (χ0) is 11.0. The van der Waals surface area contributed by atoms with Gasteiger partial charge in [0.1, 0.15) is 0 Å². The minimum atomic E-state index is -0.976. The van der Waals surface area contributed by atoms with Crippen LogP contribution in [0.1, 0.15) is 24.4 Å². The van der Waals surface area contributed by atoms with Crippen LogP contribution in [0.25, 0.3) is 0 Å². The average Bonchev–Trinajstić information content (AvgIpc) is 2.92. The minimum absolute atomic E-state index is 0.0652. The van der Waals surface area contributed by atoms with E-state index in [1.165, 1.54) is 12.3 Å². The highest BCUT2D eigenvalue weighted by Crippen LogP contribution is 2.38. The van der Waals surface area contributed by atoms with Crippen molar-refractivity contribution in [2.45, 2.75) is 25.8 Å². The SMILES string of the molecule is Cc1cnn(C(C(=O)O)C2CC2)c(=O)c1. The number of hydrogen-bond donors (Lipinski definition) is 1. The summed E-state index contributed by atoms with van der Waals surface area (Å²) < 4.78 is 1.08. The van der Waals surface area contributed by atoms with Crippen molar-refractivity contribution < 1.29 is 9.90 Å². The first-order chi connectivity index (χ1) is 7.09. The summed E-state index contributed by atoms with van der Waals surface area (Å²) >= 11 is 0. The monoisotopic (exact) mass is 208 g/mol. The lowest BCUT2D eigenvalue weighted by Gasteiger charge is -2.12. The number of rotatable bonds is 3. The van der Waals surface area contributed by atoms with Crippen LogP contribution in [0.3, 0.4) is 0 Å². The van der Waals surface area contributed by atoms with Gasteiger partial charge in [-0.3, -0.25) is 4.79 Å². The van der Waals surface area contributed by atoms with Crippen LogP contribution in [-0.4, -0.2) is 20.9 Å². The second kappa shape index (κ2) is 3.49. The number of hydrogen-bond acceptors (Lipinski definition) is 3. The Morgan fingerprint density at radius 1 is 1.67 bits per heavy atom. The van der Waals surface area contributed by atoms with Crippen LogP contribution in [0.4, 0.5) is 0 Å². The molecule has 1 unspecified atom stereocenters. The number of carboxylic acid groups (broad SMARTS) is 1. The third kappa shape index (κ3) is 1.91. The van der Waals surface area contributed by atoms with Crippen molar-refractivity contribution in [1.29, 1.82) is 0 Å². The van der Waals surface area contributed by atoms with Gasteiger partial charge in [-0.25, -0.2) is 9.48 Å². The summed E-state index contributed by atoms with van der Waals surface area (Å²) in [4.78, 5) is 22.6. The first-order valence-corrected chi connectivity index (χ1v) is 4.88. The predicted octanol–water partition coefficient (Wildman–Crippen LogP) is 0.587. The molecule has 0 radical (unpaired) electrons. The maximum atomic E-state index is 11.6. The van der Waals surface area contributed by atoms with E-state index in [2.05, 4.69) is 5.10 Å². The van der Waals surface area contributed by atoms with E-state index in [0.29, 0.717) is 0 Å². The van der Waals surface area contributed by atoms with Crippen molar-refractivity contribution in [2.24, 2.45) is 5.92 Å². The Kier molecular flexibility index (Phi) is 2.30. The number of aromatic nitrogens is 2. The normalized spacial score (nSPS) is 17.4. The van der Waals surface area contributed by atoms with Gasteiger partial charge in [0, 0.05) is 6.07 Å². The molecule has 1 aliphatic carbocycles. The molecule has 1 fully saturated rings. The summed E-state index contributed by atoms with van der Waals surface area (Å²) in [7, 11) is 0. The second-order valence-corrected chi connectivity index (χ2v) is 3.94. The van der Waals surface area contributed by atoms with Crippen LogP contribution in [0, 0.1) is 12.8 Å². The Hall–Kier alpha value is -1.65. The van der Waals surface area contributed by atoms with Crippen molar-refractivity contribution >= 4 is 5.97 Å². The third-order valence-electron chi connectivity index (χ3n) is 2.55. The van der Waals surface area contributed by atoms with Crippen LogP contribution in [0.5, 0.6) is 0 Å².